The Bertz CT molecular complexity index is 796. The van der Waals surface area contributed by atoms with Crippen LogP contribution in [0.4, 0.5) is 5.69 Å². The largest absolute Gasteiger partial charge is 0.464 e. The molecule has 0 aliphatic rings. The number of hydrogen-bond acceptors (Lipinski definition) is 4. The first kappa shape index (κ1) is 15.0. The molecule has 1 amide bonds. The molecule has 23 heavy (non-hydrogen) atoms. The second kappa shape index (κ2) is 6.46. The Labute approximate surface area is 134 Å². The zero-order chi connectivity index (χ0) is 16.2. The summed E-state index contributed by atoms with van der Waals surface area (Å²) < 4.78 is 5.47. The summed E-state index contributed by atoms with van der Waals surface area (Å²) in [5, 5.41) is 2.84. The van der Waals surface area contributed by atoms with E-state index >= 15 is 0 Å². The van der Waals surface area contributed by atoms with Crippen molar-refractivity contribution in [1.82, 2.24) is 4.98 Å². The van der Waals surface area contributed by atoms with Gasteiger partial charge < -0.3 is 15.5 Å². The number of hydrogen-bond donors (Lipinski definition) is 2. The van der Waals surface area contributed by atoms with E-state index in [0.717, 1.165) is 11.1 Å². The van der Waals surface area contributed by atoms with Gasteiger partial charge in [0.05, 0.1) is 6.26 Å². The highest BCUT2D eigenvalue weighted by Gasteiger charge is 2.15. The van der Waals surface area contributed by atoms with E-state index in [2.05, 4.69) is 10.3 Å². The third kappa shape index (κ3) is 3.30. The average molecular weight is 307 g/mol. The summed E-state index contributed by atoms with van der Waals surface area (Å²) in [4.78, 5) is 16.4. The summed E-state index contributed by atoms with van der Waals surface area (Å²) in [7, 11) is 0. The lowest BCUT2D eigenvalue weighted by Gasteiger charge is -2.13. The number of carbonyl (C=O) groups is 1. The fourth-order valence-corrected chi connectivity index (χ4v) is 2.38. The Hall–Kier alpha value is -2.92. The normalized spacial score (nSPS) is 11.9. The monoisotopic (exact) mass is 307 g/mol. The predicted molar refractivity (Wildman–Crippen MR) is 88.9 cm³/mol. The summed E-state index contributed by atoms with van der Waals surface area (Å²) in [6, 6.07) is 12.4. The Morgan fingerprint density at radius 3 is 2.65 bits per heavy atom. The topological polar surface area (TPSA) is 81.2 Å². The fourth-order valence-electron chi connectivity index (χ4n) is 2.38. The smallest absolute Gasteiger partial charge is 0.255 e. The Kier molecular flexibility index (Phi) is 4.21. The lowest BCUT2D eigenvalue weighted by atomic mass is 9.97. The second-order valence-electron chi connectivity index (χ2n) is 5.26. The molecule has 2 heterocycles. The van der Waals surface area contributed by atoms with Crippen LogP contribution in [-0.4, -0.2) is 10.9 Å². The van der Waals surface area contributed by atoms with Gasteiger partial charge in [-0.05, 0) is 48.9 Å². The number of aromatic nitrogens is 1. The van der Waals surface area contributed by atoms with Gasteiger partial charge >= 0.3 is 0 Å². The highest BCUT2D eigenvalue weighted by molar-refractivity contribution is 6.05. The average Bonchev–Trinajstić information content (AvgIpc) is 3.09. The molecule has 3 aromatic rings. The maximum atomic E-state index is 12.4. The van der Waals surface area contributed by atoms with Crippen LogP contribution in [0.3, 0.4) is 0 Å². The Morgan fingerprint density at radius 1 is 1.22 bits per heavy atom. The summed E-state index contributed by atoms with van der Waals surface area (Å²) >= 11 is 0. The minimum Gasteiger partial charge on any atom is -0.464 e. The molecule has 0 fully saturated rings. The molecule has 1 unspecified atom stereocenters. The van der Waals surface area contributed by atoms with Crippen molar-refractivity contribution in [3.63, 3.8) is 0 Å². The predicted octanol–water partition coefficient (Wildman–Crippen LogP) is 3.61. The SMILES string of the molecule is CC(N)c1ccc(C(=O)Nc2ccncc2)cc1-c1ccco1. The first-order valence-electron chi connectivity index (χ1n) is 7.30. The summed E-state index contributed by atoms with van der Waals surface area (Å²) in [6.45, 7) is 1.90. The number of amides is 1. The minimum absolute atomic E-state index is 0.160. The van der Waals surface area contributed by atoms with Gasteiger partial charge in [0.1, 0.15) is 5.76 Å². The first-order valence-corrected chi connectivity index (χ1v) is 7.30. The van der Waals surface area contributed by atoms with E-state index < -0.39 is 0 Å². The van der Waals surface area contributed by atoms with E-state index in [-0.39, 0.29) is 11.9 Å². The van der Waals surface area contributed by atoms with Crippen molar-refractivity contribution >= 4 is 11.6 Å². The van der Waals surface area contributed by atoms with Gasteiger partial charge in [-0.2, -0.15) is 0 Å². The van der Waals surface area contributed by atoms with E-state index in [1.807, 2.05) is 25.1 Å². The van der Waals surface area contributed by atoms with Gasteiger partial charge in [0.25, 0.3) is 5.91 Å². The first-order chi connectivity index (χ1) is 11.1. The standard InChI is InChI=1S/C18H17N3O2/c1-12(19)15-5-4-13(11-16(15)17-3-2-10-23-17)18(22)21-14-6-8-20-9-7-14/h2-12H,19H2,1H3,(H,20,21,22). The van der Waals surface area contributed by atoms with Crippen LogP contribution in [0.15, 0.2) is 65.5 Å². The molecule has 0 radical (unpaired) electrons. The molecule has 0 saturated heterocycles. The van der Waals surface area contributed by atoms with E-state index in [0.29, 0.717) is 17.0 Å². The molecule has 0 aliphatic heterocycles. The van der Waals surface area contributed by atoms with Crippen molar-refractivity contribution in [2.24, 2.45) is 5.73 Å². The number of anilines is 1. The third-order valence-electron chi connectivity index (χ3n) is 3.53. The van der Waals surface area contributed by atoms with E-state index in [1.54, 1.807) is 42.9 Å². The minimum atomic E-state index is -0.194. The van der Waals surface area contributed by atoms with Gasteiger partial charge in [-0.15, -0.1) is 0 Å². The van der Waals surface area contributed by atoms with Crippen LogP contribution in [0.25, 0.3) is 11.3 Å². The van der Waals surface area contributed by atoms with E-state index in [1.165, 1.54) is 0 Å². The summed E-state index contributed by atoms with van der Waals surface area (Å²) in [6.07, 6.45) is 4.86. The number of pyridine rings is 1. The van der Waals surface area contributed by atoms with Crippen molar-refractivity contribution in [3.8, 4) is 11.3 Å². The lowest BCUT2D eigenvalue weighted by Crippen LogP contribution is -2.13. The van der Waals surface area contributed by atoms with Crippen LogP contribution in [-0.2, 0) is 0 Å². The zero-order valence-electron chi connectivity index (χ0n) is 12.7. The lowest BCUT2D eigenvalue weighted by molar-refractivity contribution is 0.102. The van der Waals surface area contributed by atoms with Gasteiger partial charge in [0.2, 0.25) is 0 Å². The number of rotatable bonds is 4. The van der Waals surface area contributed by atoms with Crippen LogP contribution in [0.1, 0.15) is 28.9 Å². The van der Waals surface area contributed by atoms with Crippen molar-refractivity contribution in [2.45, 2.75) is 13.0 Å². The molecule has 1 atom stereocenters. The summed E-state index contributed by atoms with van der Waals surface area (Å²) in [5.74, 6) is 0.496. The van der Waals surface area contributed by atoms with E-state index in [4.69, 9.17) is 10.2 Å². The summed E-state index contributed by atoms with van der Waals surface area (Å²) in [5.41, 5.74) is 9.01. The maximum absolute atomic E-state index is 12.4. The van der Waals surface area contributed by atoms with E-state index in [9.17, 15) is 4.79 Å². The Morgan fingerprint density at radius 2 is 2.00 bits per heavy atom. The number of nitrogens with two attached hydrogens (primary N) is 1. The number of nitrogens with one attached hydrogen (secondary N) is 1. The van der Waals surface area contributed by atoms with Crippen LogP contribution in [0.5, 0.6) is 0 Å². The molecule has 116 valence electrons. The highest BCUT2D eigenvalue weighted by Crippen LogP contribution is 2.29. The molecular formula is C18H17N3O2. The molecule has 0 saturated carbocycles. The van der Waals surface area contributed by atoms with Gasteiger partial charge in [-0.1, -0.05) is 6.07 Å². The van der Waals surface area contributed by atoms with Crippen molar-refractivity contribution in [1.29, 1.82) is 0 Å². The van der Waals surface area contributed by atoms with Crippen molar-refractivity contribution in [2.75, 3.05) is 5.32 Å². The molecule has 1 aromatic carbocycles. The molecule has 5 nitrogen and oxygen atoms in total. The van der Waals surface area contributed by atoms with Crippen molar-refractivity contribution < 1.29 is 9.21 Å². The molecule has 3 rings (SSSR count). The number of nitrogens with zero attached hydrogens (tertiary/aromatic N) is 1. The molecular weight excluding hydrogens is 290 g/mol. The van der Waals surface area contributed by atoms with Gasteiger partial charge in [0, 0.05) is 35.2 Å². The second-order valence-corrected chi connectivity index (χ2v) is 5.26. The molecule has 0 spiro atoms. The van der Waals surface area contributed by atoms with Crippen LogP contribution in [0, 0.1) is 0 Å². The van der Waals surface area contributed by atoms with Gasteiger partial charge in [0.15, 0.2) is 0 Å². The molecule has 2 aromatic heterocycles. The van der Waals surface area contributed by atoms with Crippen molar-refractivity contribution in [3.05, 3.63) is 72.2 Å². The highest BCUT2D eigenvalue weighted by atomic mass is 16.3. The zero-order valence-corrected chi connectivity index (χ0v) is 12.7. The number of furan rings is 1. The molecule has 3 N–H and O–H groups in total. The quantitative estimate of drug-likeness (QED) is 0.771. The molecule has 0 aliphatic carbocycles. The molecule has 0 bridgehead atoms. The Balaban J connectivity index is 1.94. The number of benzene rings is 1. The maximum Gasteiger partial charge on any atom is 0.255 e. The van der Waals surface area contributed by atoms with Gasteiger partial charge in [-0.25, -0.2) is 0 Å². The van der Waals surface area contributed by atoms with Crippen LogP contribution < -0.4 is 11.1 Å². The van der Waals surface area contributed by atoms with Crippen LogP contribution in [0.2, 0.25) is 0 Å². The number of carbonyl (C=O) groups excluding carboxylic acids is 1. The fraction of sp³-hybridized carbons (Fsp3) is 0.111. The van der Waals surface area contributed by atoms with Gasteiger partial charge in [-0.3, -0.25) is 9.78 Å². The molecule has 5 heteroatoms. The third-order valence-corrected chi connectivity index (χ3v) is 3.53. The van der Waals surface area contributed by atoms with Crippen LogP contribution >= 0.6 is 0 Å².